The molecular weight excluding hydrogens is 178 g/mol. The molecule has 4 heteroatoms. The number of carbonyl (C=O) groups is 1. The zero-order chi connectivity index (χ0) is 10.2. The van der Waals surface area contributed by atoms with Crippen LogP contribution in [0.5, 0.6) is 0 Å². The average molecular weight is 197 g/mol. The quantitative estimate of drug-likeness (QED) is 0.635. The van der Waals surface area contributed by atoms with Gasteiger partial charge in [0.1, 0.15) is 0 Å². The monoisotopic (exact) mass is 197 g/mol. The van der Waals surface area contributed by atoms with E-state index in [0.717, 1.165) is 32.0 Å². The summed E-state index contributed by atoms with van der Waals surface area (Å²) in [6.07, 6.45) is 4.31. The highest BCUT2D eigenvalue weighted by molar-refractivity contribution is 5.88. The summed E-state index contributed by atoms with van der Waals surface area (Å²) in [4.78, 5) is 13.7. The minimum Gasteiger partial charge on any atom is -0.353 e. The largest absolute Gasteiger partial charge is 0.353 e. The molecule has 2 rings (SSSR count). The van der Waals surface area contributed by atoms with Crippen LogP contribution >= 0.6 is 0 Å². The summed E-state index contributed by atoms with van der Waals surface area (Å²) in [5, 5.41) is 2.89. The molecule has 0 radical (unpaired) electrons. The maximum atomic E-state index is 11.4. The van der Waals surface area contributed by atoms with Crippen molar-refractivity contribution in [3.8, 4) is 0 Å². The van der Waals surface area contributed by atoms with Gasteiger partial charge < -0.3 is 16.0 Å². The maximum absolute atomic E-state index is 11.4. The van der Waals surface area contributed by atoms with Gasteiger partial charge in [0.25, 0.3) is 0 Å². The van der Waals surface area contributed by atoms with Crippen LogP contribution in [0.4, 0.5) is 0 Å². The molecule has 1 amide bonds. The Balaban J connectivity index is 1.60. The summed E-state index contributed by atoms with van der Waals surface area (Å²) >= 11 is 0. The molecule has 0 bridgehead atoms. The Morgan fingerprint density at radius 3 is 2.71 bits per heavy atom. The van der Waals surface area contributed by atoms with Crippen molar-refractivity contribution in [1.82, 2.24) is 10.2 Å². The Labute approximate surface area is 84.8 Å². The van der Waals surface area contributed by atoms with E-state index in [9.17, 15) is 4.79 Å². The number of amides is 1. The molecule has 0 atom stereocenters. The molecule has 4 nitrogen and oxygen atoms in total. The molecule has 2 saturated carbocycles. The fourth-order valence-corrected chi connectivity index (χ4v) is 1.58. The molecule has 0 saturated heterocycles. The summed E-state index contributed by atoms with van der Waals surface area (Å²) in [6.45, 7) is 1.66. The minimum absolute atomic E-state index is 0.0293. The summed E-state index contributed by atoms with van der Waals surface area (Å²) in [5.41, 5.74) is 5.24. The van der Waals surface area contributed by atoms with Crippen LogP contribution in [0.2, 0.25) is 0 Å². The van der Waals surface area contributed by atoms with Crippen LogP contribution in [-0.2, 0) is 4.79 Å². The molecule has 0 unspecified atom stereocenters. The van der Waals surface area contributed by atoms with E-state index < -0.39 is 5.54 Å². The first-order valence-corrected chi connectivity index (χ1v) is 5.39. The third-order valence-corrected chi connectivity index (χ3v) is 3.16. The fourth-order valence-electron chi connectivity index (χ4n) is 1.58. The van der Waals surface area contributed by atoms with Crippen molar-refractivity contribution in [2.75, 3.05) is 20.1 Å². The number of nitrogens with zero attached hydrogens (tertiary/aromatic N) is 1. The summed E-state index contributed by atoms with van der Waals surface area (Å²) in [5.74, 6) is 0.0293. The van der Waals surface area contributed by atoms with Crippen LogP contribution in [0.3, 0.4) is 0 Å². The number of carbonyl (C=O) groups excluding carboxylic acids is 1. The molecule has 2 fully saturated rings. The highest BCUT2D eigenvalue weighted by atomic mass is 16.2. The highest BCUT2D eigenvalue weighted by Crippen LogP contribution is 2.32. The van der Waals surface area contributed by atoms with Gasteiger partial charge in [-0.25, -0.2) is 0 Å². The molecule has 80 valence electrons. The second-order valence-electron chi connectivity index (χ2n) is 4.62. The summed E-state index contributed by atoms with van der Waals surface area (Å²) in [7, 11) is 2.11. The number of likely N-dealkylation sites (N-methyl/N-ethyl adjacent to an activating group) is 1. The van der Waals surface area contributed by atoms with E-state index in [1.807, 2.05) is 0 Å². The van der Waals surface area contributed by atoms with Crippen molar-refractivity contribution in [3.05, 3.63) is 0 Å². The lowest BCUT2D eigenvalue weighted by atomic mass is 10.3. The van der Waals surface area contributed by atoms with Gasteiger partial charge in [-0.15, -0.1) is 0 Å². The first-order valence-electron chi connectivity index (χ1n) is 5.39. The Bertz CT molecular complexity index is 234. The molecule has 0 heterocycles. The fraction of sp³-hybridized carbons (Fsp3) is 0.900. The van der Waals surface area contributed by atoms with E-state index in [1.165, 1.54) is 12.8 Å². The minimum atomic E-state index is -0.516. The van der Waals surface area contributed by atoms with Crippen molar-refractivity contribution in [1.29, 1.82) is 0 Å². The molecule has 0 aromatic carbocycles. The lowest BCUT2D eigenvalue weighted by Gasteiger charge is -2.16. The Kier molecular flexibility index (Phi) is 2.49. The summed E-state index contributed by atoms with van der Waals surface area (Å²) < 4.78 is 0. The predicted octanol–water partition coefficient (Wildman–Crippen LogP) is -0.312. The molecule has 2 aliphatic carbocycles. The first-order chi connectivity index (χ1) is 6.62. The van der Waals surface area contributed by atoms with E-state index in [4.69, 9.17) is 5.73 Å². The smallest absolute Gasteiger partial charge is 0.240 e. The third-order valence-electron chi connectivity index (χ3n) is 3.16. The van der Waals surface area contributed by atoms with Crippen LogP contribution in [0.1, 0.15) is 25.7 Å². The van der Waals surface area contributed by atoms with Gasteiger partial charge >= 0.3 is 0 Å². The second-order valence-corrected chi connectivity index (χ2v) is 4.62. The van der Waals surface area contributed by atoms with Gasteiger partial charge in [-0.3, -0.25) is 4.79 Å². The Morgan fingerprint density at radius 1 is 1.57 bits per heavy atom. The number of nitrogens with two attached hydrogens (primary N) is 1. The topological polar surface area (TPSA) is 58.4 Å². The molecule has 3 N–H and O–H groups in total. The van der Waals surface area contributed by atoms with Crippen molar-refractivity contribution in [2.24, 2.45) is 5.73 Å². The van der Waals surface area contributed by atoms with Gasteiger partial charge in [0.05, 0.1) is 5.54 Å². The standard InChI is InChI=1S/C10H19N3O/c1-13(8-2-3-8)7-6-12-9(14)10(11)4-5-10/h8H,2-7,11H2,1H3,(H,12,14). The van der Waals surface area contributed by atoms with Crippen molar-refractivity contribution in [3.63, 3.8) is 0 Å². The number of hydrogen-bond donors (Lipinski definition) is 2. The van der Waals surface area contributed by atoms with Gasteiger partial charge in [0.2, 0.25) is 5.91 Å². The SMILES string of the molecule is CN(CCNC(=O)C1(N)CC1)C1CC1. The van der Waals surface area contributed by atoms with E-state index in [2.05, 4.69) is 17.3 Å². The predicted molar refractivity (Wildman–Crippen MR) is 54.8 cm³/mol. The van der Waals surface area contributed by atoms with E-state index >= 15 is 0 Å². The van der Waals surface area contributed by atoms with Crippen LogP contribution in [0.15, 0.2) is 0 Å². The van der Waals surface area contributed by atoms with Crippen LogP contribution in [-0.4, -0.2) is 42.5 Å². The third kappa shape index (κ3) is 2.25. The van der Waals surface area contributed by atoms with E-state index in [1.54, 1.807) is 0 Å². The van der Waals surface area contributed by atoms with Crippen molar-refractivity contribution >= 4 is 5.91 Å². The van der Waals surface area contributed by atoms with Crippen LogP contribution in [0.25, 0.3) is 0 Å². The Hall–Kier alpha value is -0.610. The Morgan fingerprint density at radius 2 is 2.21 bits per heavy atom. The lowest BCUT2D eigenvalue weighted by Crippen LogP contribution is -2.45. The van der Waals surface area contributed by atoms with E-state index in [-0.39, 0.29) is 5.91 Å². The number of rotatable bonds is 5. The first kappa shape index (κ1) is 9.93. The number of nitrogens with one attached hydrogen (secondary N) is 1. The van der Waals surface area contributed by atoms with Crippen molar-refractivity contribution < 1.29 is 4.79 Å². The van der Waals surface area contributed by atoms with E-state index in [0.29, 0.717) is 0 Å². The molecular formula is C10H19N3O. The lowest BCUT2D eigenvalue weighted by molar-refractivity contribution is -0.123. The molecule has 0 spiro atoms. The van der Waals surface area contributed by atoms with Gasteiger partial charge in [0.15, 0.2) is 0 Å². The zero-order valence-electron chi connectivity index (χ0n) is 8.75. The zero-order valence-corrected chi connectivity index (χ0v) is 8.75. The molecule has 0 aliphatic heterocycles. The second kappa shape index (κ2) is 3.51. The normalized spacial score (nSPS) is 23.6. The number of hydrogen-bond acceptors (Lipinski definition) is 3. The highest BCUT2D eigenvalue weighted by Gasteiger charge is 2.45. The molecule has 0 aromatic rings. The van der Waals surface area contributed by atoms with Crippen LogP contribution < -0.4 is 11.1 Å². The van der Waals surface area contributed by atoms with Gasteiger partial charge in [-0.05, 0) is 32.7 Å². The van der Waals surface area contributed by atoms with Crippen LogP contribution in [0, 0.1) is 0 Å². The maximum Gasteiger partial charge on any atom is 0.240 e. The summed E-state index contributed by atoms with van der Waals surface area (Å²) in [6, 6.07) is 0.764. The molecule has 2 aliphatic rings. The molecule has 14 heavy (non-hydrogen) atoms. The van der Waals surface area contributed by atoms with Gasteiger partial charge in [-0.2, -0.15) is 0 Å². The van der Waals surface area contributed by atoms with Gasteiger partial charge in [-0.1, -0.05) is 0 Å². The van der Waals surface area contributed by atoms with Crippen molar-refractivity contribution in [2.45, 2.75) is 37.3 Å². The molecule has 0 aromatic heterocycles. The van der Waals surface area contributed by atoms with Gasteiger partial charge in [0, 0.05) is 19.1 Å². The average Bonchev–Trinajstić information content (AvgIpc) is 2.97.